The molecule has 0 spiro atoms. The maximum atomic E-state index is 12.7. The van der Waals surface area contributed by atoms with E-state index in [9.17, 15) is 13.2 Å². The SMILES string of the molecule is CC1(C)Oc2ccc(NS(=O)(=O)c3c[nH]c(C(=O)N4CCCC4)c3)cc2O1. The summed E-state index contributed by atoms with van der Waals surface area (Å²) < 4.78 is 39.1. The number of benzene rings is 1. The highest BCUT2D eigenvalue weighted by molar-refractivity contribution is 7.92. The quantitative estimate of drug-likeness (QED) is 0.834. The first kappa shape index (κ1) is 17.7. The lowest BCUT2D eigenvalue weighted by Gasteiger charge is -2.16. The van der Waals surface area contributed by atoms with Gasteiger partial charge in [-0.1, -0.05) is 0 Å². The molecule has 0 bridgehead atoms. The zero-order valence-corrected chi connectivity index (χ0v) is 15.9. The zero-order valence-electron chi connectivity index (χ0n) is 15.1. The number of carbonyl (C=O) groups excluding carboxylic acids is 1. The Balaban J connectivity index is 1.52. The molecule has 144 valence electrons. The van der Waals surface area contributed by atoms with Gasteiger partial charge in [0, 0.05) is 39.2 Å². The number of H-pyrrole nitrogens is 1. The van der Waals surface area contributed by atoms with Crippen LogP contribution >= 0.6 is 0 Å². The molecule has 1 aromatic heterocycles. The number of nitrogens with one attached hydrogen (secondary N) is 2. The van der Waals surface area contributed by atoms with Crippen LogP contribution in [0.2, 0.25) is 0 Å². The van der Waals surface area contributed by atoms with Crippen molar-refractivity contribution in [2.75, 3.05) is 17.8 Å². The summed E-state index contributed by atoms with van der Waals surface area (Å²) in [6.45, 7) is 4.95. The molecule has 27 heavy (non-hydrogen) atoms. The number of sulfonamides is 1. The van der Waals surface area contributed by atoms with Gasteiger partial charge in [-0.25, -0.2) is 8.42 Å². The molecule has 1 fully saturated rings. The first-order chi connectivity index (χ1) is 12.7. The number of anilines is 1. The molecule has 1 amide bonds. The third-order valence-electron chi connectivity index (χ3n) is 4.50. The number of rotatable bonds is 4. The van der Waals surface area contributed by atoms with Gasteiger partial charge in [0.25, 0.3) is 15.9 Å². The Hall–Kier alpha value is -2.68. The van der Waals surface area contributed by atoms with Crippen LogP contribution in [0.15, 0.2) is 35.4 Å². The summed E-state index contributed by atoms with van der Waals surface area (Å²) >= 11 is 0. The maximum absolute atomic E-state index is 12.7. The summed E-state index contributed by atoms with van der Waals surface area (Å²) in [5.74, 6) is 0.0622. The molecule has 2 aromatic rings. The van der Waals surface area contributed by atoms with Crippen LogP contribution in [0.4, 0.5) is 5.69 Å². The number of likely N-dealkylation sites (tertiary alicyclic amines) is 1. The number of aromatic nitrogens is 1. The number of nitrogens with zero attached hydrogens (tertiary/aromatic N) is 1. The Labute approximate surface area is 157 Å². The lowest BCUT2D eigenvalue weighted by molar-refractivity contribution is -0.0431. The molecule has 0 atom stereocenters. The van der Waals surface area contributed by atoms with Crippen molar-refractivity contribution in [2.45, 2.75) is 37.4 Å². The van der Waals surface area contributed by atoms with Gasteiger partial charge in [0.2, 0.25) is 5.79 Å². The number of aromatic amines is 1. The van der Waals surface area contributed by atoms with Gasteiger partial charge < -0.3 is 19.4 Å². The molecule has 1 saturated heterocycles. The van der Waals surface area contributed by atoms with Gasteiger partial charge in [-0.05, 0) is 31.0 Å². The zero-order chi connectivity index (χ0) is 19.2. The summed E-state index contributed by atoms with van der Waals surface area (Å²) in [6.07, 6.45) is 3.27. The molecule has 4 rings (SSSR count). The van der Waals surface area contributed by atoms with Crippen LogP contribution in [-0.4, -0.2) is 43.1 Å². The normalized spacial score (nSPS) is 17.9. The van der Waals surface area contributed by atoms with E-state index in [1.807, 2.05) is 0 Å². The summed E-state index contributed by atoms with van der Waals surface area (Å²) in [6, 6.07) is 6.19. The molecule has 0 radical (unpaired) electrons. The highest BCUT2D eigenvalue weighted by Crippen LogP contribution is 2.41. The molecule has 0 saturated carbocycles. The molecule has 0 aliphatic carbocycles. The minimum absolute atomic E-state index is 0.00282. The average Bonchev–Trinajstić information content (AvgIpc) is 3.32. The van der Waals surface area contributed by atoms with Gasteiger partial charge in [-0.2, -0.15) is 0 Å². The van der Waals surface area contributed by atoms with Crippen LogP contribution in [0.5, 0.6) is 11.5 Å². The highest BCUT2D eigenvalue weighted by atomic mass is 32.2. The molecule has 9 heteroatoms. The van der Waals surface area contributed by atoms with Crippen molar-refractivity contribution in [3.8, 4) is 11.5 Å². The van der Waals surface area contributed by atoms with E-state index >= 15 is 0 Å². The number of hydrogen-bond donors (Lipinski definition) is 2. The Morgan fingerprint density at radius 3 is 2.59 bits per heavy atom. The Kier molecular flexibility index (Phi) is 4.06. The smallest absolute Gasteiger partial charge is 0.270 e. The van der Waals surface area contributed by atoms with Crippen LogP contribution in [0, 0.1) is 0 Å². The Morgan fingerprint density at radius 2 is 1.85 bits per heavy atom. The first-order valence-corrected chi connectivity index (χ1v) is 10.2. The van der Waals surface area contributed by atoms with Crippen LogP contribution in [0.1, 0.15) is 37.2 Å². The predicted molar refractivity (Wildman–Crippen MR) is 98.5 cm³/mol. The first-order valence-electron chi connectivity index (χ1n) is 8.76. The van der Waals surface area contributed by atoms with Gasteiger partial charge >= 0.3 is 0 Å². The van der Waals surface area contributed by atoms with E-state index in [0.29, 0.717) is 30.3 Å². The third-order valence-corrected chi connectivity index (χ3v) is 5.86. The van der Waals surface area contributed by atoms with Gasteiger partial charge in [0.05, 0.1) is 5.69 Å². The molecule has 3 heterocycles. The fourth-order valence-corrected chi connectivity index (χ4v) is 4.29. The van der Waals surface area contributed by atoms with Crippen molar-refractivity contribution in [2.24, 2.45) is 0 Å². The van der Waals surface area contributed by atoms with Crippen LogP contribution in [0.25, 0.3) is 0 Å². The predicted octanol–water partition coefficient (Wildman–Crippen LogP) is 2.56. The molecular formula is C18H21N3O5S. The highest BCUT2D eigenvalue weighted by Gasteiger charge is 2.32. The van der Waals surface area contributed by atoms with Crippen LogP contribution in [0.3, 0.4) is 0 Å². The molecule has 2 aliphatic heterocycles. The van der Waals surface area contributed by atoms with Crippen molar-refractivity contribution in [1.29, 1.82) is 0 Å². The number of hydrogen-bond acceptors (Lipinski definition) is 5. The van der Waals surface area contributed by atoms with E-state index in [2.05, 4.69) is 9.71 Å². The lowest BCUT2D eigenvalue weighted by atomic mass is 10.3. The largest absolute Gasteiger partial charge is 0.449 e. The summed E-state index contributed by atoms with van der Waals surface area (Å²) in [5, 5.41) is 0. The second kappa shape index (κ2) is 6.19. The maximum Gasteiger partial charge on any atom is 0.270 e. The summed E-state index contributed by atoms with van der Waals surface area (Å²) in [5.41, 5.74) is 0.619. The standard InChI is InChI=1S/C18H21N3O5S/c1-18(2)25-15-6-5-12(9-16(15)26-18)20-27(23,24)13-10-14(19-11-13)17(22)21-7-3-4-8-21/h5-6,9-11,19-20H,3-4,7-8H2,1-2H3. The Morgan fingerprint density at radius 1 is 1.15 bits per heavy atom. The monoisotopic (exact) mass is 391 g/mol. The average molecular weight is 391 g/mol. The minimum atomic E-state index is -3.84. The van der Waals surface area contributed by atoms with E-state index in [1.54, 1.807) is 36.9 Å². The minimum Gasteiger partial charge on any atom is -0.449 e. The van der Waals surface area contributed by atoms with E-state index in [0.717, 1.165) is 12.8 Å². The number of ether oxygens (including phenoxy) is 2. The number of carbonyl (C=O) groups is 1. The van der Waals surface area contributed by atoms with Crippen molar-refractivity contribution >= 4 is 21.6 Å². The molecule has 8 nitrogen and oxygen atoms in total. The molecule has 2 N–H and O–H groups in total. The fraction of sp³-hybridized carbons (Fsp3) is 0.389. The fourth-order valence-electron chi connectivity index (χ4n) is 3.24. The van der Waals surface area contributed by atoms with Crippen LogP contribution in [-0.2, 0) is 10.0 Å². The van der Waals surface area contributed by atoms with Gasteiger partial charge in [-0.15, -0.1) is 0 Å². The van der Waals surface area contributed by atoms with E-state index in [-0.39, 0.29) is 16.5 Å². The van der Waals surface area contributed by atoms with Crippen molar-refractivity contribution in [1.82, 2.24) is 9.88 Å². The van der Waals surface area contributed by atoms with E-state index < -0.39 is 15.8 Å². The molecule has 1 aromatic carbocycles. The van der Waals surface area contributed by atoms with Gasteiger partial charge in [0.15, 0.2) is 11.5 Å². The van der Waals surface area contributed by atoms with E-state index in [1.165, 1.54) is 12.3 Å². The summed E-state index contributed by atoms with van der Waals surface area (Å²) in [4.78, 5) is 16.9. The molecular weight excluding hydrogens is 370 g/mol. The van der Waals surface area contributed by atoms with Crippen LogP contribution < -0.4 is 14.2 Å². The number of fused-ring (bicyclic) bond motifs is 1. The lowest BCUT2D eigenvalue weighted by Crippen LogP contribution is -2.29. The van der Waals surface area contributed by atoms with Crippen molar-refractivity contribution < 1.29 is 22.7 Å². The van der Waals surface area contributed by atoms with Crippen molar-refractivity contribution in [3.63, 3.8) is 0 Å². The van der Waals surface area contributed by atoms with Crippen molar-refractivity contribution in [3.05, 3.63) is 36.2 Å². The third kappa shape index (κ3) is 3.46. The molecule has 2 aliphatic rings. The number of amides is 1. The summed E-state index contributed by atoms with van der Waals surface area (Å²) in [7, 11) is -3.84. The Bertz CT molecular complexity index is 990. The second-order valence-corrected chi connectivity index (χ2v) is 8.80. The second-order valence-electron chi connectivity index (χ2n) is 7.12. The topological polar surface area (TPSA) is 101 Å². The van der Waals surface area contributed by atoms with E-state index in [4.69, 9.17) is 9.47 Å². The van der Waals surface area contributed by atoms with Gasteiger partial charge in [0.1, 0.15) is 10.6 Å². The van der Waals surface area contributed by atoms with Gasteiger partial charge in [-0.3, -0.25) is 9.52 Å². The molecule has 0 unspecified atom stereocenters.